The van der Waals surface area contributed by atoms with Gasteiger partial charge in [-0.2, -0.15) is 0 Å². The van der Waals surface area contributed by atoms with Crippen LogP contribution in [-0.2, 0) is 20.5 Å². The number of nitrogens with two attached hydrogens (primary N) is 1. The molecule has 0 spiro atoms. The van der Waals surface area contributed by atoms with Gasteiger partial charge in [0.25, 0.3) is 0 Å². The maximum atomic E-state index is 10.9. The van der Waals surface area contributed by atoms with Gasteiger partial charge in [0, 0.05) is 17.6 Å². The normalized spacial score (nSPS) is 24.5. The molecule has 172 valence electrons. The summed E-state index contributed by atoms with van der Waals surface area (Å²) in [5, 5.41) is 4.42. The van der Waals surface area contributed by atoms with Crippen LogP contribution in [0.4, 0.5) is 10.7 Å². The van der Waals surface area contributed by atoms with Gasteiger partial charge in [0.05, 0.1) is 16.7 Å². The first-order chi connectivity index (χ1) is 15.1. The van der Waals surface area contributed by atoms with E-state index in [1.54, 1.807) is 0 Å². The van der Waals surface area contributed by atoms with Crippen molar-refractivity contribution in [2.24, 2.45) is 5.73 Å². The number of primary amides is 1. The van der Waals surface area contributed by atoms with E-state index in [4.69, 9.17) is 24.8 Å². The highest BCUT2D eigenvalue weighted by Gasteiger charge is 2.51. The quantitative estimate of drug-likeness (QED) is 0.687. The van der Waals surface area contributed by atoms with Crippen molar-refractivity contribution in [3.63, 3.8) is 0 Å². The smallest absolute Gasteiger partial charge is 0.446 e. The number of amides is 1. The minimum Gasteiger partial charge on any atom is -0.446 e. The molecule has 0 radical (unpaired) electrons. The molecule has 32 heavy (non-hydrogen) atoms. The van der Waals surface area contributed by atoms with Crippen LogP contribution in [-0.4, -0.2) is 46.5 Å². The number of carbonyl (C=O) groups is 1. The van der Waals surface area contributed by atoms with E-state index in [2.05, 4.69) is 57.1 Å². The van der Waals surface area contributed by atoms with Crippen LogP contribution in [0, 0.1) is 0 Å². The Labute approximate surface area is 189 Å². The molecule has 1 aliphatic heterocycles. The van der Waals surface area contributed by atoms with E-state index in [0.717, 1.165) is 54.0 Å². The minimum absolute atomic E-state index is 0.0943. The molecule has 8 nitrogen and oxygen atoms in total. The van der Waals surface area contributed by atoms with Crippen LogP contribution in [0.1, 0.15) is 65.9 Å². The van der Waals surface area contributed by atoms with Crippen LogP contribution in [0.5, 0.6) is 0 Å². The zero-order chi connectivity index (χ0) is 23.1. The van der Waals surface area contributed by atoms with E-state index < -0.39 is 13.2 Å². The highest BCUT2D eigenvalue weighted by Crippen LogP contribution is 2.36. The number of fused-ring (bicyclic) bond motifs is 1. The molecule has 2 aliphatic rings. The Morgan fingerprint density at radius 1 is 1.19 bits per heavy atom. The zero-order valence-electron chi connectivity index (χ0n) is 19.6. The van der Waals surface area contributed by atoms with Crippen LogP contribution in [0.25, 0.3) is 10.9 Å². The van der Waals surface area contributed by atoms with Gasteiger partial charge < -0.3 is 25.1 Å². The van der Waals surface area contributed by atoms with Gasteiger partial charge in [0.1, 0.15) is 6.10 Å². The first-order valence-corrected chi connectivity index (χ1v) is 11.5. The van der Waals surface area contributed by atoms with Crippen molar-refractivity contribution in [2.45, 2.75) is 90.1 Å². The van der Waals surface area contributed by atoms with E-state index in [9.17, 15) is 4.79 Å². The van der Waals surface area contributed by atoms with E-state index in [1.807, 2.05) is 6.20 Å². The van der Waals surface area contributed by atoms with Gasteiger partial charge in [-0.25, -0.2) is 14.8 Å². The van der Waals surface area contributed by atoms with E-state index in [0.29, 0.717) is 5.95 Å². The van der Waals surface area contributed by atoms with Crippen LogP contribution in [0.2, 0.25) is 0 Å². The number of aryl methyl sites for hydroxylation is 1. The maximum Gasteiger partial charge on any atom is 0.494 e. The average molecular weight is 440 g/mol. The molecule has 3 N–H and O–H groups in total. The van der Waals surface area contributed by atoms with Crippen molar-refractivity contribution in [1.29, 1.82) is 0 Å². The number of hydrogen-bond acceptors (Lipinski definition) is 7. The molecule has 1 aromatic heterocycles. The van der Waals surface area contributed by atoms with Crippen molar-refractivity contribution in [1.82, 2.24) is 9.97 Å². The number of aromatic nitrogens is 2. The summed E-state index contributed by atoms with van der Waals surface area (Å²) in [6.45, 7) is 10.4. The third kappa shape index (κ3) is 4.54. The second-order valence-electron chi connectivity index (χ2n) is 9.81. The van der Waals surface area contributed by atoms with Crippen molar-refractivity contribution in [3.8, 4) is 0 Å². The minimum atomic E-state index is -0.703. The van der Waals surface area contributed by atoms with Crippen molar-refractivity contribution >= 4 is 35.5 Å². The lowest BCUT2D eigenvalue weighted by Crippen LogP contribution is -2.41. The Bertz CT molecular complexity index is 989. The fraction of sp³-hybridized carbons (Fsp3) is 0.609. The summed E-state index contributed by atoms with van der Waals surface area (Å²) in [5.41, 5.74) is 7.42. The second-order valence-corrected chi connectivity index (χ2v) is 9.81. The van der Waals surface area contributed by atoms with Gasteiger partial charge >= 0.3 is 13.2 Å². The van der Waals surface area contributed by atoms with Gasteiger partial charge in [-0.15, -0.1) is 0 Å². The molecule has 4 rings (SSSR count). The highest BCUT2D eigenvalue weighted by atomic mass is 16.7. The summed E-state index contributed by atoms with van der Waals surface area (Å²) in [6.07, 6.45) is 5.23. The highest BCUT2D eigenvalue weighted by molar-refractivity contribution is 6.62. The second kappa shape index (κ2) is 8.52. The SMILES string of the molecule is CCc1cc(B2OC(C)(C)C(C)(C)O2)cc2cnc(NC3CCC(OC(N)=O)CC3)nc12. The largest absolute Gasteiger partial charge is 0.494 e. The first-order valence-electron chi connectivity index (χ1n) is 11.5. The van der Waals surface area contributed by atoms with E-state index >= 15 is 0 Å². The van der Waals surface area contributed by atoms with Crippen LogP contribution in [0.3, 0.4) is 0 Å². The number of benzene rings is 1. The molecule has 2 fully saturated rings. The standard InChI is InChI=1S/C23H33BN4O4/c1-6-14-11-16(24-31-22(2,3)23(4,5)32-24)12-15-13-26-21(28-19(14)15)27-17-7-9-18(10-8-17)30-20(25)29/h11-13,17-18H,6-10H2,1-5H3,(H2,25,29)(H,26,27,28). The van der Waals surface area contributed by atoms with E-state index in [1.165, 1.54) is 0 Å². The predicted molar refractivity (Wildman–Crippen MR) is 125 cm³/mol. The molecule has 0 unspecified atom stereocenters. The fourth-order valence-corrected chi connectivity index (χ4v) is 4.37. The number of anilines is 1. The number of nitrogens with zero attached hydrogens (tertiary/aromatic N) is 2. The molecule has 0 bridgehead atoms. The summed E-state index contributed by atoms with van der Waals surface area (Å²) in [4.78, 5) is 20.3. The Morgan fingerprint density at radius 2 is 1.84 bits per heavy atom. The van der Waals surface area contributed by atoms with Gasteiger partial charge in [0.2, 0.25) is 5.95 Å². The van der Waals surface area contributed by atoms with Crippen LogP contribution < -0.4 is 16.5 Å². The topological polar surface area (TPSA) is 109 Å². The zero-order valence-corrected chi connectivity index (χ0v) is 19.6. The molecule has 1 aromatic carbocycles. The molecular weight excluding hydrogens is 407 g/mol. The summed E-state index contributed by atoms with van der Waals surface area (Å²) in [7, 11) is -0.412. The van der Waals surface area contributed by atoms with Crippen molar-refractivity contribution < 1.29 is 18.8 Å². The third-order valence-corrected chi connectivity index (χ3v) is 6.98. The summed E-state index contributed by atoms with van der Waals surface area (Å²) < 4.78 is 17.6. The third-order valence-electron chi connectivity index (χ3n) is 6.98. The van der Waals surface area contributed by atoms with Crippen molar-refractivity contribution in [3.05, 3.63) is 23.9 Å². The van der Waals surface area contributed by atoms with Gasteiger partial charge in [-0.1, -0.05) is 19.1 Å². The number of ether oxygens (including phenoxy) is 1. The first kappa shape index (κ1) is 22.8. The lowest BCUT2D eigenvalue weighted by Gasteiger charge is -2.32. The molecule has 2 heterocycles. The molecular formula is C23H33BN4O4. The van der Waals surface area contributed by atoms with Gasteiger partial charge in [0.15, 0.2) is 0 Å². The number of rotatable bonds is 5. The summed E-state index contributed by atoms with van der Waals surface area (Å²) in [6, 6.07) is 4.44. The molecule has 2 aromatic rings. The Hall–Kier alpha value is -2.39. The molecule has 1 aliphatic carbocycles. The van der Waals surface area contributed by atoms with Crippen LogP contribution >= 0.6 is 0 Å². The Morgan fingerprint density at radius 3 is 2.44 bits per heavy atom. The lowest BCUT2D eigenvalue weighted by atomic mass is 9.77. The molecule has 1 saturated heterocycles. The molecule has 1 saturated carbocycles. The molecule has 0 atom stereocenters. The lowest BCUT2D eigenvalue weighted by molar-refractivity contribution is 0.00578. The molecule has 9 heteroatoms. The Balaban J connectivity index is 1.51. The van der Waals surface area contributed by atoms with Gasteiger partial charge in [-0.05, 0) is 70.8 Å². The number of carbonyl (C=O) groups excluding carboxylic acids is 1. The van der Waals surface area contributed by atoms with Crippen molar-refractivity contribution in [2.75, 3.05) is 5.32 Å². The summed E-state index contributed by atoms with van der Waals surface area (Å²) >= 11 is 0. The molecule has 1 amide bonds. The van der Waals surface area contributed by atoms with Crippen LogP contribution in [0.15, 0.2) is 18.3 Å². The average Bonchev–Trinajstić information content (AvgIpc) is 2.95. The number of hydrogen-bond donors (Lipinski definition) is 2. The summed E-state index contributed by atoms with van der Waals surface area (Å²) in [5.74, 6) is 0.620. The maximum absolute atomic E-state index is 10.9. The Kier molecular flexibility index (Phi) is 6.07. The monoisotopic (exact) mass is 440 g/mol. The number of nitrogens with one attached hydrogen (secondary N) is 1. The fourth-order valence-electron chi connectivity index (χ4n) is 4.37. The van der Waals surface area contributed by atoms with Gasteiger partial charge in [-0.3, -0.25) is 0 Å². The van der Waals surface area contributed by atoms with E-state index in [-0.39, 0.29) is 23.3 Å². The predicted octanol–water partition coefficient (Wildman–Crippen LogP) is 3.31.